The monoisotopic (exact) mass is 246 g/mol. The lowest BCUT2D eigenvalue weighted by molar-refractivity contribution is -0.132. The van der Waals surface area contributed by atoms with Crippen LogP contribution in [0.4, 0.5) is 0 Å². The van der Waals surface area contributed by atoms with E-state index in [1.807, 2.05) is 11.0 Å². The number of nitrogens with one attached hydrogen (secondary N) is 1. The predicted octanol–water partition coefficient (Wildman–Crippen LogP) is 1.83. The largest absolute Gasteiger partial charge is 0.340 e. The average molecular weight is 246 g/mol. The van der Waals surface area contributed by atoms with Gasteiger partial charge in [0.1, 0.15) is 0 Å². The Labute approximate surface area is 109 Å². The van der Waals surface area contributed by atoms with E-state index in [9.17, 15) is 4.79 Å². The summed E-state index contributed by atoms with van der Waals surface area (Å²) >= 11 is 0. The van der Waals surface area contributed by atoms with E-state index in [1.165, 1.54) is 5.56 Å². The summed E-state index contributed by atoms with van der Waals surface area (Å²) in [5, 5.41) is 3.50. The normalized spacial score (nSPS) is 19.8. The molecule has 1 atom stereocenters. The van der Waals surface area contributed by atoms with E-state index in [0.717, 1.165) is 32.5 Å². The number of rotatable bonds is 4. The molecule has 1 N–H and O–H groups in total. The fourth-order valence-corrected chi connectivity index (χ4v) is 2.46. The summed E-state index contributed by atoms with van der Waals surface area (Å²) in [6, 6.07) is 10.9. The molecule has 0 saturated carbocycles. The van der Waals surface area contributed by atoms with Crippen LogP contribution < -0.4 is 5.32 Å². The van der Waals surface area contributed by atoms with Crippen molar-refractivity contribution in [3.05, 3.63) is 35.9 Å². The zero-order chi connectivity index (χ0) is 12.8. The van der Waals surface area contributed by atoms with Gasteiger partial charge in [-0.15, -0.1) is 0 Å². The molecular weight excluding hydrogens is 224 g/mol. The van der Waals surface area contributed by atoms with Crippen LogP contribution in [-0.2, 0) is 11.2 Å². The van der Waals surface area contributed by atoms with Gasteiger partial charge in [0.2, 0.25) is 5.91 Å². The molecule has 1 aromatic rings. The van der Waals surface area contributed by atoms with Crippen LogP contribution in [0.1, 0.15) is 25.3 Å². The summed E-state index contributed by atoms with van der Waals surface area (Å²) < 4.78 is 0. The minimum atomic E-state index is 0.303. The SMILES string of the molecule is CCCC(=O)N1CCNC(Cc2ccccc2)C1. The van der Waals surface area contributed by atoms with Crippen molar-refractivity contribution in [2.45, 2.75) is 32.2 Å². The Kier molecular flexibility index (Phi) is 4.76. The van der Waals surface area contributed by atoms with Gasteiger partial charge in [0.15, 0.2) is 0 Å². The van der Waals surface area contributed by atoms with Crippen LogP contribution in [0.15, 0.2) is 30.3 Å². The molecule has 98 valence electrons. The van der Waals surface area contributed by atoms with E-state index >= 15 is 0 Å². The maximum Gasteiger partial charge on any atom is 0.222 e. The molecule has 0 radical (unpaired) electrons. The Balaban J connectivity index is 1.89. The molecule has 1 fully saturated rings. The topological polar surface area (TPSA) is 32.3 Å². The minimum absolute atomic E-state index is 0.303. The molecular formula is C15H22N2O. The van der Waals surface area contributed by atoms with Gasteiger partial charge in [0.05, 0.1) is 0 Å². The van der Waals surface area contributed by atoms with Crippen LogP contribution in [-0.4, -0.2) is 36.5 Å². The minimum Gasteiger partial charge on any atom is -0.340 e. The highest BCUT2D eigenvalue weighted by atomic mass is 16.2. The zero-order valence-corrected chi connectivity index (χ0v) is 11.1. The second-order valence-corrected chi connectivity index (χ2v) is 4.93. The lowest BCUT2D eigenvalue weighted by Gasteiger charge is -2.34. The lowest BCUT2D eigenvalue weighted by Crippen LogP contribution is -2.53. The highest BCUT2D eigenvalue weighted by Crippen LogP contribution is 2.09. The molecule has 0 aliphatic carbocycles. The van der Waals surface area contributed by atoms with Crippen LogP contribution in [0.5, 0.6) is 0 Å². The third-order valence-corrected chi connectivity index (χ3v) is 3.40. The zero-order valence-electron chi connectivity index (χ0n) is 11.1. The summed E-state index contributed by atoms with van der Waals surface area (Å²) in [4.78, 5) is 13.9. The quantitative estimate of drug-likeness (QED) is 0.879. The summed E-state index contributed by atoms with van der Waals surface area (Å²) in [6.45, 7) is 4.66. The number of carbonyl (C=O) groups is 1. The van der Waals surface area contributed by atoms with Gasteiger partial charge in [-0.3, -0.25) is 4.79 Å². The van der Waals surface area contributed by atoms with Gasteiger partial charge in [-0.05, 0) is 18.4 Å². The van der Waals surface area contributed by atoms with E-state index in [4.69, 9.17) is 0 Å². The summed E-state index contributed by atoms with van der Waals surface area (Å²) in [5.74, 6) is 0.303. The van der Waals surface area contributed by atoms with Crippen molar-refractivity contribution in [3.63, 3.8) is 0 Å². The molecule has 1 aromatic carbocycles. The third kappa shape index (κ3) is 3.57. The first-order valence-corrected chi connectivity index (χ1v) is 6.84. The van der Waals surface area contributed by atoms with Gasteiger partial charge in [0, 0.05) is 32.1 Å². The predicted molar refractivity (Wildman–Crippen MR) is 73.4 cm³/mol. The summed E-state index contributed by atoms with van der Waals surface area (Å²) in [6.07, 6.45) is 2.61. The van der Waals surface area contributed by atoms with E-state index < -0.39 is 0 Å². The van der Waals surface area contributed by atoms with Crippen molar-refractivity contribution in [1.29, 1.82) is 0 Å². The number of nitrogens with zero attached hydrogens (tertiary/aromatic N) is 1. The molecule has 0 spiro atoms. The maximum absolute atomic E-state index is 11.9. The van der Waals surface area contributed by atoms with Gasteiger partial charge in [0.25, 0.3) is 0 Å². The van der Waals surface area contributed by atoms with Crippen LogP contribution in [0, 0.1) is 0 Å². The van der Waals surface area contributed by atoms with Crippen LogP contribution in [0.2, 0.25) is 0 Å². The number of hydrogen-bond donors (Lipinski definition) is 1. The van der Waals surface area contributed by atoms with Gasteiger partial charge < -0.3 is 10.2 Å². The Morgan fingerprint density at radius 3 is 2.89 bits per heavy atom. The Bertz CT molecular complexity index is 377. The van der Waals surface area contributed by atoms with Crippen molar-refractivity contribution >= 4 is 5.91 Å². The van der Waals surface area contributed by atoms with Crippen molar-refractivity contribution in [1.82, 2.24) is 10.2 Å². The molecule has 0 bridgehead atoms. The van der Waals surface area contributed by atoms with Crippen molar-refractivity contribution in [2.24, 2.45) is 0 Å². The molecule has 2 rings (SSSR count). The van der Waals surface area contributed by atoms with E-state index in [2.05, 4.69) is 36.5 Å². The highest BCUT2D eigenvalue weighted by molar-refractivity contribution is 5.76. The maximum atomic E-state index is 11.9. The van der Waals surface area contributed by atoms with Gasteiger partial charge in [-0.1, -0.05) is 37.3 Å². The number of benzene rings is 1. The fourth-order valence-electron chi connectivity index (χ4n) is 2.46. The first kappa shape index (κ1) is 13.1. The molecule has 1 saturated heterocycles. The molecule has 1 amide bonds. The fraction of sp³-hybridized carbons (Fsp3) is 0.533. The average Bonchev–Trinajstić information content (AvgIpc) is 2.40. The van der Waals surface area contributed by atoms with Crippen molar-refractivity contribution in [3.8, 4) is 0 Å². The lowest BCUT2D eigenvalue weighted by atomic mass is 10.0. The molecule has 1 aliphatic rings. The van der Waals surface area contributed by atoms with Crippen LogP contribution in [0.25, 0.3) is 0 Å². The summed E-state index contributed by atoms with van der Waals surface area (Å²) in [5.41, 5.74) is 1.33. The Morgan fingerprint density at radius 2 is 2.17 bits per heavy atom. The van der Waals surface area contributed by atoms with Crippen LogP contribution in [0.3, 0.4) is 0 Å². The number of amides is 1. The second kappa shape index (κ2) is 6.55. The third-order valence-electron chi connectivity index (χ3n) is 3.40. The van der Waals surface area contributed by atoms with Crippen molar-refractivity contribution in [2.75, 3.05) is 19.6 Å². The molecule has 3 heteroatoms. The second-order valence-electron chi connectivity index (χ2n) is 4.93. The molecule has 1 heterocycles. The highest BCUT2D eigenvalue weighted by Gasteiger charge is 2.22. The van der Waals surface area contributed by atoms with Crippen LogP contribution >= 0.6 is 0 Å². The van der Waals surface area contributed by atoms with Gasteiger partial charge >= 0.3 is 0 Å². The number of hydrogen-bond acceptors (Lipinski definition) is 2. The smallest absolute Gasteiger partial charge is 0.222 e. The first-order valence-electron chi connectivity index (χ1n) is 6.84. The van der Waals surface area contributed by atoms with Gasteiger partial charge in [-0.2, -0.15) is 0 Å². The van der Waals surface area contributed by atoms with E-state index in [0.29, 0.717) is 18.4 Å². The molecule has 1 unspecified atom stereocenters. The van der Waals surface area contributed by atoms with Crippen molar-refractivity contribution < 1.29 is 4.79 Å². The first-order chi connectivity index (χ1) is 8.79. The molecule has 1 aliphatic heterocycles. The number of piperazine rings is 1. The van der Waals surface area contributed by atoms with E-state index in [-0.39, 0.29) is 0 Å². The number of carbonyl (C=O) groups excluding carboxylic acids is 1. The molecule has 3 nitrogen and oxygen atoms in total. The molecule has 0 aromatic heterocycles. The standard InChI is InChI=1S/C15H22N2O/c1-2-6-15(18)17-10-9-16-14(12-17)11-13-7-4-3-5-8-13/h3-5,7-8,14,16H,2,6,9-12H2,1H3. The van der Waals surface area contributed by atoms with E-state index in [1.54, 1.807) is 0 Å². The summed E-state index contributed by atoms with van der Waals surface area (Å²) in [7, 11) is 0. The van der Waals surface area contributed by atoms with Gasteiger partial charge in [-0.25, -0.2) is 0 Å². The Morgan fingerprint density at radius 1 is 1.39 bits per heavy atom. The molecule has 18 heavy (non-hydrogen) atoms. The Hall–Kier alpha value is -1.35.